The maximum absolute atomic E-state index is 14.8. The largest absolute Gasteiger partial charge is 0.381 e. The molecule has 3 aliphatic rings. The third-order valence-corrected chi connectivity index (χ3v) is 14.3. The number of nitrogen functional groups attached to an aromatic ring is 1. The van der Waals surface area contributed by atoms with Gasteiger partial charge in [0, 0.05) is 51.3 Å². The first-order valence-electron chi connectivity index (χ1n) is 26.2. The molecule has 2 aromatic carbocycles. The molecule has 5 amide bonds. The number of likely N-dealkylation sites (N-methyl/N-ethyl adjacent to an activating group) is 1. The van der Waals surface area contributed by atoms with Gasteiger partial charge in [0.25, 0.3) is 5.91 Å². The molecule has 0 saturated carbocycles. The standard InChI is InChI=1S/C54H73FN14O7/c1-8-39(34-13-10-9-11-14-34)63-51(72)43-28-36(31-68(43)53(74)47(54(3,4)5)64-50(71)33(2)58-6)59-20-24-76-26-25-75-23-18-45(70)60-19-22-69-44-32-66(7)52(73)37-17-16-35(55)27-38(37)42-15-12-21-67(42)49-48(57)61-30-41(62-49)46(44)40(29-56)65-69/h9-11,13-14,16-17,27,30,33,36,39,42-43,47,58-59H,8,12,15,18-26,28,31-32H2,1-7H3,(H2,57,61)(H,60,70)(H,63,72)(H,64,71)/t33-,36-,39+,42-,43-,47?/m1/s1. The summed E-state index contributed by atoms with van der Waals surface area (Å²) in [7, 11) is 3.31. The zero-order valence-electron chi connectivity index (χ0n) is 44.7. The van der Waals surface area contributed by atoms with Crippen LogP contribution in [0.25, 0.3) is 11.3 Å². The van der Waals surface area contributed by atoms with E-state index in [0.29, 0.717) is 72.9 Å². The van der Waals surface area contributed by atoms with Crippen molar-refractivity contribution in [2.75, 3.05) is 77.3 Å². The number of halogens is 1. The Balaban J connectivity index is 0.889. The van der Waals surface area contributed by atoms with E-state index in [0.717, 1.165) is 12.0 Å². The van der Waals surface area contributed by atoms with E-state index in [1.807, 2.05) is 62.9 Å². The van der Waals surface area contributed by atoms with Crippen LogP contribution in [0.3, 0.4) is 0 Å². The zero-order valence-corrected chi connectivity index (χ0v) is 44.7. The fourth-order valence-corrected chi connectivity index (χ4v) is 10.0. The molecule has 5 heterocycles. The number of amides is 5. The summed E-state index contributed by atoms with van der Waals surface area (Å²) in [4.78, 5) is 82.9. The normalized spacial score (nSPS) is 18.5. The summed E-state index contributed by atoms with van der Waals surface area (Å²) in [5.74, 6) is -1.43. The Kier molecular flexibility index (Phi) is 19.1. The second-order valence-electron chi connectivity index (χ2n) is 20.6. The van der Waals surface area contributed by atoms with Crippen LogP contribution in [0, 0.1) is 22.6 Å². The molecule has 3 aliphatic heterocycles. The lowest BCUT2D eigenvalue weighted by Gasteiger charge is -2.36. The van der Waals surface area contributed by atoms with E-state index in [-0.39, 0.29) is 112 Å². The second-order valence-corrected chi connectivity index (χ2v) is 20.6. The molecule has 4 aromatic rings. The molecular weight excluding hydrogens is 976 g/mol. The van der Waals surface area contributed by atoms with E-state index in [1.165, 1.54) is 29.3 Å². The highest BCUT2D eigenvalue weighted by atomic mass is 19.1. The predicted molar refractivity (Wildman–Crippen MR) is 283 cm³/mol. The van der Waals surface area contributed by atoms with E-state index in [1.54, 1.807) is 30.6 Å². The van der Waals surface area contributed by atoms with E-state index in [4.69, 9.17) is 20.2 Å². The van der Waals surface area contributed by atoms with Crippen molar-refractivity contribution >= 4 is 41.2 Å². The number of aromatic nitrogens is 4. The van der Waals surface area contributed by atoms with Crippen LogP contribution >= 0.6 is 0 Å². The summed E-state index contributed by atoms with van der Waals surface area (Å²) in [6.45, 7) is 11.9. The minimum absolute atomic E-state index is 0.0148. The van der Waals surface area contributed by atoms with Crippen molar-refractivity contribution in [1.29, 1.82) is 5.26 Å². The summed E-state index contributed by atoms with van der Waals surface area (Å²) in [5.41, 5.74) is 8.90. The molecule has 0 radical (unpaired) electrons. The number of nitriles is 1. The molecule has 21 nitrogen and oxygen atoms in total. The van der Waals surface area contributed by atoms with Crippen LogP contribution in [0.15, 0.2) is 54.7 Å². The number of benzene rings is 2. The molecular formula is C54H73FN14O7. The van der Waals surface area contributed by atoms with Crippen LogP contribution in [0.4, 0.5) is 16.0 Å². The third kappa shape index (κ3) is 13.5. The highest BCUT2D eigenvalue weighted by Gasteiger charge is 2.45. The van der Waals surface area contributed by atoms with Gasteiger partial charge in [-0.15, -0.1) is 0 Å². The highest BCUT2D eigenvalue weighted by Crippen LogP contribution is 2.41. The lowest BCUT2D eigenvalue weighted by Crippen LogP contribution is -2.59. The lowest BCUT2D eigenvalue weighted by molar-refractivity contribution is -0.144. The molecule has 0 spiro atoms. The van der Waals surface area contributed by atoms with E-state index in [2.05, 4.69) is 42.7 Å². The van der Waals surface area contributed by atoms with Gasteiger partial charge >= 0.3 is 0 Å². The van der Waals surface area contributed by atoms with Gasteiger partial charge in [-0.2, -0.15) is 10.4 Å². The molecule has 1 unspecified atom stereocenters. The van der Waals surface area contributed by atoms with Gasteiger partial charge in [-0.1, -0.05) is 58.0 Å². The van der Waals surface area contributed by atoms with Gasteiger partial charge < -0.3 is 56.5 Å². The molecule has 2 bridgehead atoms. The summed E-state index contributed by atoms with van der Waals surface area (Å²) in [6.07, 6.45) is 3.98. The quantitative estimate of drug-likeness (QED) is 0.0654. The van der Waals surface area contributed by atoms with Crippen LogP contribution in [0.2, 0.25) is 0 Å². The number of hydrogen-bond donors (Lipinski definition) is 6. The number of carbonyl (C=O) groups is 5. The molecule has 6 atom stereocenters. The topological polar surface area (TPSA) is 267 Å². The summed E-state index contributed by atoms with van der Waals surface area (Å²) in [5, 5.41) is 30.2. The first kappa shape index (κ1) is 56.7. The molecule has 2 saturated heterocycles. The minimum atomic E-state index is -0.877. The Morgan fingerprint density at radius 2 is 1.78 bits per heavy atom. The van der Waals surface area contributed by atoms with Gasteiger partial charge in [0.05, 0.1) is 80.8 Å². The van der Waals surface area contributed by atoms with Crippen molar-refractivity contribution in [2.45, 2.75) is 116 Å². The van der Waals surface area contributed by atoms with Crippen molar-refractivity contribution in [2.24, 2.45) is 5.41 Å². The average Bonchev–Trinajstić information content (AvgIpc) is 4.16. The van der Waals surface area contributed by atoms with Crippen molar-refractivity contribution in [3.63, 3.8) is 0 Å². The van der Waals surface area contributed by atoms with Crippen LogP contribution in [0.1, 0.15) is 112 Å². The average molecular weight is 1050 g/mol. The smallest absolute Gasteiger partial charge is 0.254 e. The number of nitrogens with zero attached hydrogens (tertiary/aromatic N) is 8. The first-order valence-corrected chi connectivity index (χ1v) is 26.2. The van der Waals surface area contributed by atoms with E-state index in [9.17, 15) is 33.6 Å². The zero-order chi connectivity index (χ0) is 54.7. The Hall–Kier alpha value is -7.06. The number of likely N-dealkylation sites (tertiary alicyclic amines) is 1. The molecule has 408 valence electrons. The van der Waals surface area contributed by atoms with Gasteiger partial charge in [0.15, 0.2) is 17.3 Å². The number of fused-ring (bicyclic) bond motifs is 8. The molecule has 7 rings (SSSR count). The van der Waals surface area contributed by atoms with Gasteiger partial charge in [0.1, 0.15) is 24.0 Å². The minimum Gasteiger partial charge on any atom is -0.381 e. The van der Waals surface area contributed by atoms with Crippen molar-refractivity contribution in [3.8, 4) is 17.3 Å². The van der Waals surface area contributed by atoms with Crippen LogP contribution < -0.4 is 37.2 Å². The van der Waals surface area contributed by atoms with E-state index >= 15 is 0 Å². The Morgan fingerprint density at radius 3 is 2.49 bits per heavy atom. The van der Waals surface area contributed by atoms with Crippen molar-refractivity contribution < 1.29 is 37.8 Å². The summed E-state index contributed by atoms with van der Waals surface area (Å²) < 4.78 is 27.9. The van der Waals surface area contributed by atoms with E-state index < -0.39 is 29.4 Å². The van der Waals surface area contributed by atoms with Crippen LogP contribution in [-0.4, -0.2) is 150 Å². The van der Waals surface area contributed by atoms with Crippen molar-refractivity contribution in [1.82, 2.24) is 56.1 Å². The number of nitrogens with two attached hydrogens (primary N) is 1. The Bertz CT molecular complexity index is 2750. The molecule has 2 fully saturated rings. The predicted octanol–water partition coefficient (Wildman–Crippen LogP) is 3.37. The summed E-state index contributed by atoms with van der Waals surface area (Å²) in [6, 6.07) is 13.0. The Morgan fingerprint density at radius 1 is 1.03 bits per heavy atom. The fraction of sp³-hybridized carbons (Fsp3) is 0.537. The monoisotopic (exact) mass is 1050 g/mol. The number of hydrogen-bond acceptors (Lipinski definition) is 15. The first-order chi connectivity index (χ1) is 36.4. The molecule has 2 aromatic heterocycles. The van der Waals surface area contributed by atoms with Crippen LogP contribution in [-0.2, 0) is 41.7 Å². The van der Waals surface area contributed by atoms with Gasteiger partial charge in [-0.3, -0.25) is 28.7 Å². The van der Waals surface area contributed by atoms with Crippen LogP contribution in [0.5, 0.6) is 0 Å². The molecule has 0 aliphatic carbocycles. The third-order valence-electron chi connectivity index (χ3n) is 14.3. The number of carbonyl (C=O) groups excluding carboxylic acids is 5. The number of rotatable bonds is 21. The summed E-state index contributed by atoms with van der Waals surface area (Å²) >= 11 is 0. The maximum Gasteiger partial charge on any atom is 0.254 e. The number of ether oxygens (including phenoxy) is 2. The fourth-order valence-electron chi connectivity index (χ4n) is 10.0. The molecule has 76 heavy (non-hydrogen) atoms. The number of anilines is 2. The van der Waals surface area contributed by atoms with Crippen molar-refractivity contribution in [3.05, 3.63) is 88.6 Å². The highest BCUT2D eigenvalue weighted by molar-refractivity contribution is 5.96. The second kappa shape index (κ2) is 25.7. The molecule has 7 N–H and O–H groups in total. The van der Waals surface area contributed by atoms with Gasteiger partial charge in [-0.25, -0.2) is 14.4 Å². The SMILES string of the molecule is CC[C@H](NC(=O)[C@H]1C[C@@H](NCCOCCOCCC(=O)NCCn2nc(C#N)c3c2CN(C)C(=O)c2ccc(F)cc2[C@H]2CCCN2c2nc-3cnc2N)CN1C(=O)C(NC(=O)[C@@H](C)NC)C(C)(C)C)c1ccccc1. The van der Waals surface area contributed by atoms with Gasteiger partial charge in [-0.05, 0) is 74.4 Å². The Labute approximate surface area is 443 Å². The number of nitrogens with one attached hydrogen (secondary N) is 5. The lowest BCUT2D eigenvalue weighted by atomic mass is 9.85. The molecule has 22 heteroatoms. The van der Waals surface area contributed by atoms with Gasteiger partial charge in [0.2, 0.25) is 23.6 Å². The maximum atomic E-state index is 14.8.